The van der Waals surface area contributed by atoms with Gasteiger partial charge in [0.05, 0.1) is 0 Å². The first-order valence-electron chi connectivity index (χ1n) is 3.66. The molecule has 1 aromatic rings. The normalized spacial score (nSPS) is 12.5. The minimum absolute atomic E-state index is 0.228. The molecule has 0 N–H and O–H groups in total. The summed E-state index contributed by atoms with van der Waals surface area (Å²) in [6, 6.07) is 0.228. The van der Waals surface area contributed by atoms with Crippen LogP contribution in [0.25, 0.3) is 0 Å². The second-order valence-electron chi connectivity index (χ2n) is 2.01. The fraction of sp³-hybridized carbons (Fsp3) is 0.571. The van der Waals surface area contributed by atoms with E-state index in [9.17, 15) is 0 Å². The lowest BCUT2D eigenvalue weighted by Crippen LogP contribution is -2.17. The Hall–Kier alpha value is -1.23. The monoisotopic (exact) mass is 168 g/mol. The van der Waals surface area contributed by atoms with E-state index in [1.807, 2.05) is 6.92 Å². The summed E-state index contributed by atoms with van der Waals surface area (Å²) in [4.78, 5) is 10.9. The third-order valence-electron chi connectivity index (χ3n) is 1.10. The van der Waals surface area contributed by atoms with E-state index in [1.165, 1.54) is 6.33 Å². The van der Waals surface area contributed by atoms with Gasteiger partial charge in [-0.05, 0) is 13.8 Å². The van der Waals surface area contributed by atoms with Crippen molar-refractivity contribution >= 4 is 0 Å². The van der Waals surface area contributed by atoms with E-state index in [4.69, 9.17) is 9.47 Å². The number of nitrogens with zero attached hydrogens (tertiary/aromatic N) is 3. The molecule has 5 nitrogen and oxygen atoms in total. The van der Waals surface area contributed by atoms with Crippen LogP contribution in [-0.4, -0.2) is 27.8 Å². The van der Waals surface area contributed by atoms with E-state index in [2.05, 4.69) is 21.3 Å². The highest BCUT2D eigenvalue weighted by atomic mass is 16.7. The van der Waals surface area contributed by atoms with E-state index < -0.39 is 0 Å². The molecule has 12 heavy (non-hydrogen) atoms. The average molecular weight is 168 g/mol. The van der Waals surface area contributed by atoms with Crippen LogP contribution in [-0.2, 0) is 4.74 Å². The molecule has 1 rings (SSSR count). The first kappa shape index (κ1) is 8.86. The van der Waals surface area contributed by atoms with Crippen molar-refractivity contribution in [1.82, 2.24) is 15.0 Å². The van der Waals surface area contributed by atoms with Crippen molar-refractivity contribution in [3.63, 3.8) is 0 Å². The number of hydrogen-bond donors (Lipinski definition) is 0. The molecule has 0 saturated carbocycles. The Balaban J connectivity index is 2.41. The van der Waals surface area contributed by atoms with E-state index in [1.54, 1.807) is 6.92 Å². The Morgan fingerprint density at radius 1 is 1.67 bits per heavy atom. The SMILES string of the molecule is CCOC(C)Oc1n[c]ncn1. The molecule has 0 bridgehead atoms. The largest absolute Gasteiger partial charge is 0.434 e. The average Bonchev–Trinajstić information content (AvgIpc) is 2.06. The van der Waals surface area contributed by atoms with Crippen LogP contribution in [0.3, 0.4) is 0 Å². The van der Waals surface area contributed by atoms with Crippen LogP contribution in [0, 0.1) is 6.33 Å². The fourth-order valence-electron chi connectivity index (χ4n) is 0.679. The summed E-state index contributed by atoms with van der Waals surface area (Å²) in [5, 5.41) is 0. The molecule has 5 heteroatoms. The van der Waals surface area contributed by atoms with Gasteiger partial charge in [0.2, 0.25) is 6.33 Å². The van der Waals surface area contributed by atoms with Gasteiger partial charge in [0.15, 0.2) is 6.29 Å². The zero-order chi connectivity index (χ0) is 8.81. The van der Waals surface area contributed by atoms with Gasteiger partial charge in [0.25, 0.3) is 0 Å². The van der Waals surface area contributed by atoms with Crippen LogP contribution in [0.4, 0.5) is 0 Å². The lowest BCUT2D eigenvalue weighted by Gasteiger charge is -2.11. The summed E-state index contributed by atoms with van der Waals surface area (Å²) in [6.45, 7) is 4.25. The van der Waals surface area contributed by atoms with Gasteiger partial charge in [-0.1, -0.05) is 0 Å². The van der Waals surface area contributed by atoms with E-state index in [-0.39, 0.29) is 12.3 Å². The zero-order valence-electron chi connectivity index (χ0n) is 7.02. The molecule has 1 heterocycles. The predicted octanol–water partition coefficient (Wildman–Crippen LogP) is 0.433. The number of ether oxygens (including phenoxy) is 2. The highest BCUT2D eigenvalue weighted by Gasteiger charge is 2.03. The Morgan fingerprint density at radius 2 is 2.50 bits per heavy atom. The topological polar surface area (TPSA) is 57.1 Å². The van der Waals surface area contributed by atoms with Crippen LogP contribution >= 0.6 is 0 Å². The molecular formula is C7H10N3O2. The molecule has 0 fully saturated rings. The lowest BCUT2D eigenvalue weighted by molar-refractivity contribution is -0.0663. The number of aromatic nitrogens is 3. The number of rotatable bonds is 4. The fourth-order valence-corrected chi connectivity index (χ4v) is 0.679. The van der Waals surface area contributed by atoms with Crippen LogP contribution in [0.1, 0.15) is 13.8 Å². The minimum Gasteiger partial charge on any atom is -0.434 e. The maximum Gasteiger partial charge on any atom is 0.322 e. The van der Waals surface area contributed by atoms with Crippen LogP contribution in [0.5, 0.6) is 6.01 Å². The van der Waals surface area contributed by atoms with Crippen LogP contribution in [0.2, 0.25) is 0 Å². The van der Waals surface area contributed by atoms with Gasteiger partial charge >= 0.3 is 6.01 Å². The van der Waals surface area contributed by atoms with E-state index in [0.29, 0.717) is 6.61 Å². The second-order valence-corrected chi connectivity index (χ2v) is 2.01. The summed E-state index contributed by atoms with van der Waals surface area (Å²) in [7, 11) is 0. The van der Waals surface area contributed by atoms with Gasteiger partial charge in [-0.2, -0.15) is 9.97 Å². The summed E-state index contributed by atoms with van der Waals surface area (Å²) < 4.78 is 10.2. The van der Waals surface area contributed by atoms with Crippen molar-refractivity contribution in [1.29, 1.82) is 0 Å². The lowest BCUT2D eigenvalue weighted by atomic mass is 10.7. The summed E-state index contributed by atoms with van der Waals surface area (Å²) >= 11 is 0. The van der Waals surface area contributed by atoms with Crippen molar-refractivity contribution in [3.05, 3.63) is 12.7 Å². The van der Waals surface area contributed by atoms with Crippen molar-refractivity contribution in [2.45, 2.75) is 20.1 Å². The second kappa shape index (κ2) is 4.61. The quantitative estimate of drug-likeness (QED) is 0.610. The first-order chi connectivity index (χ1) is 5.83. The summed E-state index contributed by atoms with van der Waals surface area (Å²) in [5.74, 6) is 0. The Morgan fingerprint density at radius 3 is 3.08 bits per heavy atom. The van der Waals surface area contributed by atoms with Gasteiger partial charge in [-0.3, -0.25) is 0 Å². The highest BCUT2D eigenvalue weighted by molar-refractivity contribution is 4.86. The third kappa shape index (κ3) is 2.79. The molecule has 0 aliphatic carbocycles. The summed E-state index contributed by atoms with van der Waals surface area (Å²) in [6.07, 6.45) is 3.34. The minimum atomic E-state index is -0.342. The van der Waals surface area contributed by atoms with Crippen LogP contribution in [0.15, 0.2) is 6.33 Å². The van der Waals surface area contributed by atoms with Crippen molar-refractivity contribution < 1.29 is 9.47 Å². The maximum absolute atomic E-state index is 5.14. The molecule has 1 unspecified atom stereocenters. The Kier molecular flexibility index (Phi) is 3.40. The molecule has 0 spiro atoms. The molecule has 0 aliphatic heterocycles. The Labute approximate surface area is 70.8 Å². The third-order valence-corrected chi connectivity index (χ3v) is 1.10. The molecule has 0 saturated heterocycles. The predicted molar refractivity (Wildman–Crippen MR) is 40.4 cm³/mol. The van der Waals surface area contributed by atoms with Gasteiger partial charge in [0, 0.05) is 6.61 Å². The molecule has 1 aromatic heterocycles. The molecule has 0 amide bonds. The standard InChI is InChI=1S/C7H10N3O2/c1-3-11-6(2)12-7-9-4-8-5-10-7/h4,6H,3H2,1-2H3. The zero-order valence-corrected chi connectivity index (χ0v) is 7.02. The van der Waals surface area contributed by atoms with Gasteiger partial charge in [-0.25, -0.2) is 4.98 Å². The molecule has 0 aromatic carbocycles. The van der Waals surface area contributed by atoms with E-state index >= 15 is 0 Å². The molecule has 65 valence electrons. The number of hydrogen-bond acceptors (Lipinski definition) is 5. The van der Waals surface area contributed by atoms with E-state index in [0.717, 1.165) is 0 Å². The van der Waals surface area contributed by atoms with Crippen LogP contribution < -0.4 is 4.74 Å². The van der Waals surface area contributed by atoms with Gasteiger partial charge < -0.3 is 9.47 Å². The van der Waals surface area contributed by atoms with Crippen molar-refractivity contribution in [3.8, 4) is 6.01 Å². The molecule has 1 atom stereocenters. The molecule has 0 aliphatic rings. The molecule has 1 radical (unpaired) electrons. The highest BCUT2D eigenvalue weighted by Crippen LogP contribution is 2.00. The van der Waals surface area contributed by atoms with Crippen molar-refractivity contribution in [2.24, 2.45) is 0 Å². The smallest absolute Gasteiger partial charge is 0.322 e. The first-order valence-corrected chi connectivity index (χ1v) is 3.66. The summed E-state index contributed by atoms with van der Waals surface area (Å²) in [5.41, 5.74) is 0. The maximum atomic E-state index is 5.14. The Bertz CT molecular complexity index is 217. The molecular weight excluding hydrogens is 158 g/mol. The van der Waals surface area contributed by atoms with Gasteiger partial charge in [0.1, 0.15) is 6.33 Å². The van der Waals surface area contributed by atoms with Crippen molar-refractivity contribution in [2.75, 3.05) is 6.61 Å². The van der Waals surface area contributed by atoms with Gasteiger partial charge in [-0.15, -0.1) is 0 Å².